The van der Waals surface area contributed by atoms with Crippen LogP contribution in [0.15, 0.2) is 18.3 Å². The van der Waals surface area contributed by atoms with Gasteiger partial charge in [0.1, 0.15) is 5.82 Å². The third-order valence-corrected chi connectivity index (χ3v) is 4.19. The number of pyridine rings is 1. The van der Waals surface area contributed by atoms with Crippen LogP contribution in [0.25, 0.3) is 0 Å². The average Bonchev–Trinajstić information content (AvgIpc) is 2.66. The van der Waals surface area contributed by atoms with E-state index in [0.717, 1.165) is 22.2 Å². The van der Waals surface area contributed by atoms with Gasteiger partial charge in [0.05, 0.1) is 12.1 Å². The topological polar surface area (TPSA) is 45.2 Å². The molecule has 0 bridgehead atoms. The van der Waals surface area contributed by atoms with Gasteiger partial charge in [0.25, 0.3) is 0 Å². The Morgan fingerprint density at radius 1 is 1.35 bits per heavy atom. The molecule has 1 aliphatic carbocycles. The summed E-state index contributed by atoms with van der Waals surface area (Å²) >= 11 is 2.22. The van der Waals surface area contributed by atoms with Crippen molar-refractivity contribution in [1.82, 2.24) is 10.3 Å². The molecular formula is C12H14IN3O. The van der Waals surface area contributed by atoms with Gasteiger partial charge in [-0.05, 0) is 47.6 Å². The van der Waals surface area contributed by atoms with E-state index < -0.39 is 0 Å². The fraction of sp³-hybridized carbons (Fsp3) is 0.500. The lowest BCUT2D eigenvalue weighted by atomic mass is 9.91. The van der Waals surface area contributed by atoms with Gasteiger partial charge in [0.2, 0.25) is 0 Å². The number of urea groups is 1. The van der Waals surface area contributed by atoms with Crippen molar-refractivity contribution in [2.45, 2.75) is 37.8 Å². The van der Waals surface area contributed by atoms with Gasteiger partial charge < -0.3 is 5.32 Å². The van der Waals surface area contributed by atoms with Gasteiger partial charge in [0.15, 0.2) is 0 Å². The van der Waals surface area contributed by atoms with Crippen molar-refractivity contribution in [3.05, 3.63) is 21.9 Å². The van der Waals surface area contributed by atoms with E-state index in [1.807, 2.05) is 17.0 Å². The van der Waals surface area contributed by atoms with E-state index >= 15 is 0 Å². The number of nitrogens with one attached hydrogen (secondary N) is 1. The third kappa shape index (κ3) is 2.00. The van der Waals surface area contributed by atoms with E-state index in [2.05, 4.69) is 32.9 Å². The number of hydrogen-bond acceptors (Lipinski definition) is 2. The number of hydrogen-bond donors (Lipinski definition) is 1. The summed E-state index contributed by atoms with van der Waals surface area (Å²) in [4.78, 5) is 18.2. The number of anilines is 1. The molecule has 1 saturated heterocycles. The van der Waals surface area contributed by atoms with Gasteiger partial charge >= 0.3 is 6.03 Å². The van der Waals surface area contributed by atoms with Crippen LogP contribution in [0.3, 0.4) is 0 Å². The predicted molar refractivity (Wildman–Crippen MR) is 74.0 cm³/mol. The number of carbonyl (C=O) groups is 1. The number of carbonyl (C=O) groups excluding carboxylic acids is 1. The largest absolute Gasteiger partial charge is 0.333 e. The van der Waals surface area contributed by atoms with E-state index in [1.54, 1.807) is 6.20 Å². The highest BCUT2D eigenvalue weighted by atomic mass is 127. The standard InChI is InChI=1S/C12H14IN3O/c13-8-5-6-11(14-7-8)16-10-4-2-1-3-9(10)15-12(16)17/h5-7,9-10H,1-4H2,(H,15,17). The van der Waals surface area contributed by atoms with Gasteiger partial charge in [-0.3, -0.25) is 4.90 Å². The lowest BCUT2D eigenvalue weighted by Gasteiger charge is -2.29. The lowest BCUT2D eigenvalue weighted by Crippen LogP contribution is -2.39. The Balaban J connectivity index is 1.90. The van der Waals surface area contributed by atoms with E-state index in [0.29, 0.717) is 12.1 Å². The van der Waals surface area contributed by atoms with Gasteiger partial charge in [-0.25, -0.2) is 9.78 Å². The van der Waals surface area contributed by atoms with E-state index in [4.69, 9.17) is 0 Å². The minimum Gasteiger partial charge on any atom is -0.333 e. The van der Waals surface area contributed by atoms with Crippen molar-refractivity contribution >= 4 is 34.4 Å². The van der Waals surface area contributed by atoms with Crippen LogP contribution < -0.4 is 10.2 Å². The monoisotopic (exact) mass is 343 g/mol. The first-order valence-electron chi connectivity index (χ1n) is 5.97. The van der Waals surface area contributed by atoms with Crippen LogP contribution in [0, 0.1) is 3.57 Å². The molecule has 1 saturated carbocycles. The number of amides is 2. The number of halogens is 1. The SMILES string of the molecule is O=C1NC2CCCCC2N1c1ccc(I)cn1. The number of aromatic nitrogens is 1. The van der Waals surface area contributed by atoms with Crippen LogP contribution in [0.2, 0.25) is 0 Å². The molecule has 2 fully saturated rings. The second-order valence-corrected chi connectivity index (χ2v) is 5.86. The number of fused-ring (bicyclic) bond motifs is 1. The van der Waals surface area contributed by atoms with Gasteiger partial charge in [0, 0.05) is 9.77 Å². The molecule has 2 unspecified atom stereocenters. The summed E-state index contributed by atoms with van der Waals surface area (Å²) in [6.07, 6.45) is 6.40. The molecule has 1 aromatic rings. The fourth-order valence-electron chi connectivity index (χ4n) is 2.75. The Kier molecular flexibility index (Phi) is 2.94. The third-order valence-electron chi connectivity index (χ3n) is 3.55. The summed E-state index contributed by atoms with van der Waals surface area (Å²) in [6.45, 7) is 0. The van der Waals surface area contributed by atoms with Crippen LogP contribution >= 0.6 is 22.6 Å². The molecule has 17 heavy (non-hydrogen) atoms. The number of nitrogens with zero attached hydrogens (tertiary/aromatic N) is 2. The summed E-state index contributed by atoms with van der Waals surface area (Å²) in [5.74, 6) is 0.775. The molecule has 5 heteroatoms. The molecule has 0 radical (unpaired) electrons. The molecule has 1 N–H and O–H groups in total. The molecule has 3 rings (SSSR count). The second kappa shape index (κ2) is 4.44. The molecular weight excluding hydrogens is 329 g/mol. The highest BCUT2D eigenvalue weighted by Crippen LogP contribution is 2.31. The summed E-state index contributed by atoms with van der Waals surface area (Å²) in [6, 6.07) is 4.54. The zero-order chi connectivity index (χ0) is 11.8. The van der Waals surface area contributed by atoms with Gasteiger partial charge in [-0.2, -0.15) is 0 Å². The van der Waals surface area contributed by atoms with Crippen molar-refractivity contribution in [2.75, 3.05) is 4.90 Å². The summed E-state index contributed by atoms with van der Waals surface area (Å²) in [7, 11) is 0. The van der Waals surface area contributed by atoms with Crippen LogP contribution in [-0.2, 0) is 0 Å². The molecule has 0 aromatic carbocycles. The normalized spacial score (nSPS) is 27.8. The molecule has 2 aliphatic rings. The maximum absolute atomic E-state index is 12.0. The first kappa shape index (κ1) is 11.3. The Hall–Kier alpha value is -0.850. The van der Waals surface area contributed by atoms with Crippen molar-refractivity contribution in [3.8, 4) is 0 Å². The molecule has 2 heterocycles. The fourth-order valence-corrected chi connectivity index (χ4v) is 3.07. The van der Waals surface area contributed by atoms with E-state index in [1.165, 1.54) is 12.8 Å². The predicted octanol–water partition coefficient (Wildman–Crippen LogP) is 2.53. The lowest BCUT2D eigenvalue weighted by molar-refractivity contribution is 0.250. The second-order valence-electron chi connectivity index (χ2n) is 4.61. The molecule has 0 spiro atoms. The van der Waals surface area contributed by atoms with Gasteiger partial charge in [-0.1, -0.05) is 12.8 Å². The Bertz CT molecular complexity index is 434. The van der Waals surface area contributed by atoms with Crippen molar-refractivity contribution < 1.29 is 4.79 Å². The van der Waals surface area contributed by atoms with Crippen LogP contribution in [0.1, 0.15) is 25.7 Å². The Morgan fingerprint density at radius 2 is 2.18 bits per heavy atom. The Labute approximate surface area is 114 Å². The summed E-state index contributed by atoms with van der Waals surface area (Å²) in [5, 5.41) is 3.06. The highest BCUT2D eigenvalue weighted by molar-refractivity contribution is 14.1. The molecule has 1 aliphatic heterocycles. The molecule has 2 atom stereocenters. The zero-order valence-electron chi connectivity index (χ0n) is 9.40. The smallest absolute Gasteiger partial charge is 0.323 e. The molecule has 2 amide bonds. The van der Waals surface area contributed by atoms with Crippen LogP contribution in [-0.4, -0.2) is 23.1 Å². The quantitative estimate of drug-likeness (QED) is 0.797. The van der Waals surface area contributed by atoms with Crippen molar-refractivity contribution in [3.63, 3.8) is 0 Å². The molecule has 1 aromatic heterocycles. The minimum absolute atomic E-state index is 0.00982. The maximum Gasteiger partial charge on any atom is 0.323 e. The van der Waals surface area contributed by atoms with Crippen molar-refractivity contribution in [2.24, 2.45) is 0 Å². The summed E-state index contributed by atoms with van der Waals surface area (Å²) < 4.78 is 1.09. The molecule has 4 nitrogen and oxygen atoms in total. The van der Waals surface area contributed by atoms with Crippen LogP contribution in [0.4, 0.5) is 10.6 Å². The van der Waals surface area contributed by atoms with E-state index in [-0.39, 0.29) is 6.03 Å². The highest BCUT2D eigenvalue weighted by Gasteiger charge is 2.41. The van der Waals surface area contributed by atoms with E-state index in [9.17, 15) is 4.79 Å². The molecule has 90 valence electrons. The van der Waals surface area contributed by atoms with Gasteiger partial charge in [-0.15, -0.1) is 0 Å². The number of rotatable bonds is 1. The van der Waals surface area contributed by atoms with Crippen molar-refractivity contribution in [1.29, 1.82) is 0 Å². The average molecular weight is 343 g/mol. The minimum atomic E-state index is 0.00982. The first-order chi connectivity index (χ1) is 8.25. The van der Waals surface area contributed by atoms with Crippen LogP contribution in [0.5, 0.6) is 0 Å². The first-order valence-corrected chi connectivity index (χ1v) is 7.05. The Morgan fingerprint density at radius 3 is 2.94 bits per heavy atom. The zero-order valence-corrected chi connectivity index (χ0v) is 11.6. The summed E-state index contributed by atoms with van der Waals surface area (Å²) in [5.41, 5.74) is 0. The maximum atomic E-state index is 12.0.